The zero-order chi connectivity index (χ0) is 7.15. The molecule has 0 aromatic heterocycles. The molecule has 6 nitrogen and oxygen atoms in total. The number of hydrogen-bond donors (Lipinski definition) is 2. The van der Waals surface area contributed by atoms with Crippen molar-refractivity contribution in [3.63, 3.8) is 0 Å². The van der Waals surface area contributed by atoms with E-state index in [0.29, 0.717) is 0 Å². The average Bonchev–Trinajstić information content (AvgIpc) is 1.25. The van der Waals surface area contributed by atoms with Crippen LogP contribution < -0.4 is 0 Å². The van der Waals surface area contributed by atoms with Gasteiger partial charge in [0, 0.05) is 19.5 Å². The van der Waals surface area contributed by atoms with E-state index in [4.69, 9.17) is 22.8 Å². The molecule has 0 aliphatic heterocycles. The fourth-order valence-electron chi connectivity index (χ4n) is 0. The Morgan fingerprint density at radius 3 is 0.778 bits per heavy atom. The van der Waals surface area contributed by atoms with E-state index in [2.05, 4.69) is 0 Å². The molecular formula is H2O6V2Zn. The van der Waals surface area contributed by atoms with Crippen molar-refractivity contribution in [2.24, 2.45) is 0 Å². The van der Waals surface area contributed by atoms with Crippen LogP contribution in [0.3, 0.4) is 0 Å². The first-order chi connectivity index (χ1) is 3.46. The van der Waals surface area contributed by atoms with Crippen LogP contribution in [0.2, 0.25) is 0 Å². The minimum Gasteiger partial charge on any atom is 0 e. The standard InChI is InChI=1S/2H2O.4O.2V.Zn/h2*1H2;;;;;;;/q;;;;;;2*+1;/p-2. The number of rotatable bonds is 0. The molecule has 0 aromatic rings. The van der Waals surface area contributed by atoms with Gasteiger partial charge < -0.3 is 0 Å². The summed E-state index contributed by atoms with van der Waals surface area (Å²) in [6.45, 7) is 0. The Kier molecular flexibility index (Phi) is 21.4. The molecule has 0 atom stereocenters. The van der Waals surface area contributed by atoms with Crippen molar-refractivity contribution in [2.75, 3.05) is 0 Å². The van der Waals surface area contributed by atoms with Crippen molar-refractivity contribution in [2.45, 2.75) is 0 Å². The second-order valence-corrected chi connectivity index (χ2v) is 1.96. The normalized spacial score (nSPS) is 5.56. The quantitative estimate of drug-likeness (QED) is 0.511. The molecule has 0 spiro atoms. The Labute approximate surface area is 72.7 Å². The predicted octanol–water partition coefficient (Wildman–Crippen LogP) is -1.60. The molecule has 0 radical (unpaired) electrons. The molecule has 0 heterocycles. The van der Waals surface area contributed by atoms with Crippen LogP contribution in [0.4, 0.5) is 0 Å². The summed E-state index contributed by atoms with van der Waals surface area (Å²) in [5.41, 5.74) is 0. The first-order valence-corrected chi connectivity index (χ1v) is 4.66. The molecule has 0 aliphatic carbocycles. The maximum absolute atomic E-state index is 8.67. The van der Waals surface area contributed by atoms with Crippen LogP contribution in [0, 0.1) is 0 Å². The molecule has 0 aliphatic rings. The summed E-state index contributed by atoms with van der Waals surface area (Å²) >= 11 is -7.38. The zero-order valence-electron chi connectivity index (χ0n) is 4.13. The van der Waals surface area contributed by atoms with Gasteiger partial charge in [-0.2, -0.15) is 0 Å². The summed E-state index contributed by atoms with van der Waals surface area (Å²) in [7, 11) is 0. The molecule has 9 heteroatoms. The molecular weight excluding hydrogens is 263 g/mol. The maximum Gasteiger partial charge on any atom is 0 e. The van der Waals surface area contributed by atoms with Crippen molar-refractivity contribution >= 4 is 0 Å². The molecule has 9 heavy (non-hydrogen) atoms. The summed E-state index contributed by atoms with van der Waals surface area (Å²) < 4.78 is 48.9. The van der Waals surface area contributed by atoms with Gasteiger partial charge in [0.05, 0.1) is 0 Å². The van der Waals surface area contributed by atoms with Gasteiger partial charge in [-0.3, -0.25) is 0 Å². The van der Waals surface area contributed by atoms with Crippen LogP contribution in [-0.4, -0.2) is 8.06 Å². The van der Waals surface area contributed by atoms with Crippen LogP contribution in [0.15, 0.2) is 0 Å². The molecule has 0 amide bonds. The van der Waals surface area contributed by atoms with Gasteiger partial charge in [0.2, 0.25) is 0 Å². The Morgan fingerprint density at radius 1 is 0.778 bits per heavy atom. The summed E-state index contributed by atoms with van der Waals surface area (Å²) in [5, 5.41) is 0. The van der Waals surface area contributed by atoms with Gasteiger partial charge in [-0.1, -0.05) is 0 Å². The first kappa shape index (κ1) is 16.5. The van der Waals surface area contributed by atoms with Crippen molar-refractivity contribution in [3.05, 3.63) is 0 Å². The van der Waals surface area contributed by atoms with E-state index in [9.17, 15) is 0 Å². The molecule has 50 valence electrons. The molecule has 0 fully saturated rings. The van der Waals surface area contributed by atoms with E-state index in [1.54, 1.807) is 0 Å². The van der Waals surface area contributed by atoms with Crippen LogP contribution in [0.1, 0.15) is 0 Å². The fourth-order valence-corrected chi connectivity index (χ4v) is 0. The fraction of sp³-hybridized carbons (Fsp3) is 0. The van der Waals surface area contributed by atoms with Crippen molar-refractivity contribution in [1.82, 2.24) is 0 Å². The Balaban J connectivity index is -0.0000000720. The second-order valence-electron chi connectivity index (χ2n) is 0.476. The minimum absolute atomic E-state index is 0. The van der Waals surface area contributed by atoms with E-state index in [0.717, 1.165) is 0 Å². The summed E-state index contributed by atoms with van der Waals surface area (Å²) in [5.74, 6) is 0. The van der Waals surface area contributed by atoms with Crippen molar-refractivity contribution in [3.8, 4) is 0 Å². The van der Waals surface area contributed by atoms with Crippen LogP contribution in [0.25, 0.3) is 0 Å². The van der Waals surface area contributed by atoms with Crippen molar-refractivity contribution in [1.29, 1.82) is 0 Å². The Hall–Kier alpha value is 0.912. The van der Waals surface area contributed by atoms with Gasteiger partial charge >= 0.3 is 53.6 Å². The van der Waals surface area contributed by atoms with Gasteiger partial charge in [-0.05, 0) is 0 Å². The van der Waals surface area contributed by atoms with E-state index in [1.807, 2.05) is 0 Å². The van der Waals surface area contributed by atoms with E-state index in [1.165, 1.54) is 0 Å². The number of hydrogen-bond acceptors (Lipinski definition) is 4. The zero-order valence-corrected chi connectivity index (χ0v) is 9.89. The van der Waals surface area contributed by atoms with Crippen LogP contribution in [-0.2, 0) is 65.0 Å². The molecule has 0 aromatic carbocycles. The Morgan fingerprint density at radius 2 is 0.778 bits per heavy atom. The molecule has 0 rings (SSSR count). The summed E-state index contributed by atoms with van der Waals surface area (Å²) in [4.78, 5) is 0. The van der Waals surface area contributed by atoms with Gasteiger partial charge in [-0.15, -0.1) is 0 Å². The maximum atomic E-state index is 8.67. The molecule has 2 N–H and O–H groups in total. The van der Waals surface area contributed by atoms with Crippen LogP contribution >= 0.6 is 0 Å². The third-order valence-corrected chi connectivity index (χ3v) is 0. The average molecular weight is 265 g/mol. The molecule has 0 saturated carbocycles. The monoisotopic (exact) mass is 264 g/mol. The smallest absolute Gasteiger partial charge is 0 e. The first-order valence-electron chi connectivity index (χ1n) is 1.13. The third-order valence-electron chi connectivity index (χ3n) is 0. The largest absolute Gasteiger partial charge is 0 e. The second kappa shape index (κ2) is 11.7. The van der Waals surface area contributed by atoms with E-state index < -0.39 is 30.8 Å². The molecule has 0 unspecified atom stereocenters. The van der Waals surface area contributed by atoms with E-state index in [-0.39, 0.29) is 19.5 Å². The van der Waals surface area contributed by atoms with Gasteiger partial charge in [0.15, 0.2) is 0 Å². The summed E-state index contributed by atoms with van der Waals surface area (Å²) in [6, 6.07) is 0. The minimum atomic E-state index is -3.69. The van der Waals surface area contributed by atoms with Gasteiger partial charge in [0.25, 0.3) is 0 Å². The molecule has 0 bridgehead atoms. The van der Waals surface area contributed by atoms with Gasteiger partial charge in [-0.25, -0.2) is 0 Å². The van der Waals surface area contributed by atoms with Crippen LogP contribution in [0.5, 0.6) is 0 Å². The molecule has 0 saturated heterocycles. The third kappa shape index (κ3) is 512. The topological polar surface area (TPSA) is 109 Å². The SMILES string of the molecule is [O]=[V](=[O])[OH].[O]=[V](=[O])[OH].[Zn]. The van der Waals surface area contributed by atoms with Crippen molar-refractivity contribution < 1.29 is 73.0 Å². The summed E-state index contributed by atoms with van der Waals surface area (Å²) in [6.07, 6.45) is 0. The predicted molar refractivity (Wildman–Crippen MR) is 7.18 cm³/mol. The van der Waals surface area contributed by atoms with Gasteiger partial charge in [0.1, 0.15) is 0 Å². The Bertz CT molecular complexity index is 128. The van der Waals surface area contributed by atoms with E-state index >= 15 is 0 Å².